The van der Waals surface area contributed by atoms with E-state index in [-0.39, 0.29) is 0 Å². The van der Waals surface area contributed by atoms with Crippen LogP contribution in [0.25, 0.3) is 0 Å². The third-order valence-corrected chi connectivity index (χ3v) is 2.76. The summed E-state index contributed by atoms with van der Waals surface area (Å²) in [7, 11) is 0. The van der Waals surface area contributed by atoms with Crippen LogP contribution in [0, 0.1) is 0 Å². The van der Waals surface area contributed by atoms with E-state index < -0.39 is 0 Å². The second-order valence-electron chi connectivity index (χ2n) is 2.39. The second-order valence-corrected chi connectivity index (χ2v) is 3.82. The smallest absolute Gasteiger partial charge is 0.0858 e. The third-order valence-electron chi connectivity index (χ3n) is 1.45. The fourth-order valence-electron chi connectivity index (χ4n) is 0.871. The van der Waals surface area contributed by atoms with E-state index in [1.165, 1.54) is 4.88 Å². The van der Waals surface area contributed by atoms with Crippen molar-refractivity contribution in [3.8, 4) is 0 Å². The largest absolute Gasteiger partial charge is 0.373 e. The van der Waals surface area contributed by atoms with Crippen LogP contribution in [0.15, 0.2) is 11.4 Å². The summed E-state index contributed by atoms with van der Waals surface area (Å²) in [6, 6.07) is 2.01. The predicted octanol–water partition coefficient (Wildman–Crippen LogP) is 2.34. The molecule has 1 aromatic rings. The van der Waals surface area contributed by atoms with Gasteiger partial charge in [0.05, 0.1) is 17.7 Å². The molecule has 2 rings (SSSR count). The van der Waals surface area contributed by atoms with Crippen LogP contribution < -0.4 is 0 Å². The lowest BCUT2D eigenvalue weighted by Gasteiger charge is -1.86. The van der Waals surface area contributed by atoms with Crippen LogP contribution in [0.1, 0.15) is 4.88 Å². The molecule has 10 heavy (non-hydrogen) atoms. The van der Waals surface area contributed by atoms with Gasteiger partial charge in [0.2, 0.25) is 0 Å². The van der Waals surface area contributed by atoms with Gasteiger partial charge in [-0.15, -0.1) is 11.3 Å². The number of thiophene rings is 1. The Hall–Kier alpha value is -0.0500. The molecule has 0 aliphatic carbocycles. The van der Waals surface area contributed by atoms with Gasteiger partial charge in [-0.3, -0.25) is 0 Å². The average Bonchev–Trinajstić information content (AvgIpc) is 2.59. The van der Waals surface area contributed by atoms with E-state index in [9.17, 15) is 0 Å². The monoisotopic (exact) mass is 174 g/mol. The van der Waals surface area contributed by atoms with Gasteiger partial charge in [0.1, 0.15) is 0 Å². The first-order valence-electron chi connectivity index (χ1n) is 3.19. The van der Waals surface area contributed by atoms with Gasteiger partial charge in [-0.25, -0.2) is 0 Å². The maximum Gasteiger partial charge on any atom is 0.0858 e. The minimum atomic E-state index is 0.481. The molecule has 54 valence electrons. The Bertz CT molecular complexity index is 229. The van der Waals surface area contributed by atoms with Crippen LogP contribution in [0.3, 0.4) is 0 Å². The summed E-state index contributed by atoms with van der Waals surface area (Å²) >= 11 is 7.44. The van der Waals surface area contributed by atoms with E-state index >= 15 is 0 Å². The highest BCUT2D eigenvalue weighted by Gasteiger charge is 2.22. The molecule has 1 aromatic heterocycles. The van der Waals surface area contributed by atoms with Gasteiger partial charge in [-0.2, -0.15) is 0 Å². The molecule has 1 nitrogen and oxygen atoms in total. The maximum atomic E-state index is 5.73. The van der Waals surface area contributed by atoms with Crippen molar-refractivity contribution >= 4 is 22.9 Å². The molecule has 0 radical (unpaired) electrons. The fraction of sp³-hybridized carbons (Fsp3) is 0.429. The van der Waals surface area contributed by atoms with Gasteiger partial charge in [0.15, 0.2) is 0 Å². The average molecular weight is 175 g/mol. The van der Waals surface area contributed by atoms with E-state index in [1.54, 1.807) is 11.3 Å². The molecule has 0 bridgehead atoms. The van der Waals surface area contributed by atoms with Gasteiger partial charge in [-0.05, 0) is 6.07 Å². The molecule has 2 heterocycles. The first-order valence-corrected chi connectivity index (χ1v) is 4.45. The zero-order valence-corrected chi connectivity index (χ0v) is 6.91. The molecule has 0 spiro atoms. The van der Waals surface area contributed by atoms with Gasteiger partial charge in [0, 0.05) is 16.7 Å². The first kappa shape index (κ1) is 6.65. The summed E-state index contributed by atoms with van der Waals surface area (Å²) in [5, 5.41) is 2.81. The Kier molecular flexibility index (Phi) is 1.68. The van der Waals surface area contributed by atoms with Crippen molar-refractivity contribution in [3.05, 3.63) is 21.3 Å². The molecular weight excluding hydrogens is 168 g/mol. The van der Waals surface area contributed by atoms with E-state index in [0.717, 1.165) is 18.1 Å². The minimum absolute atomic E-state index is 0.481. The summed E-state index contributed by atoms with van der Waals surface area (Å²) < 4.78 is 5.09. The van der Waals surface area contributed by atoms with Crippen LogP contribution in [-0.4, -0.2) is 12.7 Å². The van der Waals surface area contributed by atoms with Crippen LogP contribution >= 0.6 is 22.9 Å². The summed E-state index contributed by atoms with van der Waals surface area (Å²) in [6.07, 6.45) is 1.52. The summed E-state index contributed by atoms with van der Waals surface area (Å²) in [5.41, 5.74) is 0. The summed E-state index contributed by atoms with van der Waals surface area (Å²) in [4.78, 5) is 1.33. The minimum Gasteiger partial charge on any atom is -0.373 e. The summed E-state index contributed by atoms with van der Waals surface area (Å²) in [5.74, 6) is 0. The van der Waals surface area contributed by atoms with E-state index in [2.05, 4.69) is 0 Å². The van der Waals surface area contributed by atoms with Crippen molar-refractivity contribution < 1.29 is 4.74 Å². The van der Waals surface area contributed by atoms with Crippen molar-refractivity contribution in [1.29, 1.82) is 0 Å². The third kappa shape index (κ3) is 1.51. The van der Waals surface area contributed by atoms with Crippen LogP contribution in [0.5, 0.6) is 0 Å². The second kappa shape index (κ2) is 2.53. The Balaban J connectivity index is 2.03. The lowest BCUT2D eigenvalue weighted by molar-refractivity contribution is 0.408. The Labute approximate surface area is 68.6 Å². The highest BCUT2D eigenvalue weighted by Crippen LogP contribution is 2.24. The number of ether oxygens (including phenoxy) is 1. The number of hydrogen-bond acceptors (Lipinski definition) is 2. The first-order chi connectivity index (χ1) is 4.84. The van der Waals surface area contributed by atoms with Crippen molar-refractivity contribution in [3.63, 3.8) is 0 Å². The predicted molar refractivity (Wildman–Crippen MR) is 42.8 cm³/mol. The van der Waals surface area contributed by atoms with Gasteiger partial charge in [0.25, 0.3) is 0 Å². The highest BCUT2D eigenvalue weighted by molar-refractivity contribution is 7.10. The van der Waals surface area contributed by atoms with E-state index in [4.69, 9.17) is 16.3 Å². The van der Waals surface area contributed by atoms with Crippen molar-refractivity contribution in [1.82, 2.24) is 0 Å². The normalized spacial score (nSPS) is 23.1. The van der Waals surface area contributed by atoms with Crippen molar-refractivity contribution in [2.45, 2.75) is 12.5 Å². The molecular formula is C7H7ClOS. The molecule has 1 aliphatic rings. The number of halogens is 1. The molecule has 0 saturated carbocycles. The van der Waals surface area contributed by atoms with Crippen LogP contribution in [0.4, 0.5) is 0 Å². The molecule has 0 N–H and O–H groups in total. The zero-order chi connectivity index (χ0) is 6.97. The molecule has 3 heteroatoms. The molecule has 1 unspecified atom stereocenters. The molecule has 1 fully saturated rings. The number of hydrogen-bond donors (Lipinski definition) is 0. The Morgan fingerprint density at radius 2 is 2.60 bits per heavy atom. The van der Waals surface area contributed by atoms with Crippen molar-refractivity contribution in [2.75, 3.05) is 6.61 Å². The maximum absolute atomic E-state index is 5.73. The lowest BCUT2D eigenvalue weighted by Crippen LogP contribution is -1.87. The van der Waals surface area contributed by atoms with Crippen LogP contribution in [-0.2, 0) is 11.2 Å². The van der Waals surface area contributed by atoms with Crippen LogP contribution in [0.2, 0.25) is 5.02 Å². The van der Waals surface area contributed by atoms with Gasteiger partial charge < -0.3 is 4.74 Å². The Morgan fingerprint density at radius 3 is 3.10 bits per heavy atom. The quantitative estimate of drug-likeness (QED) is 0.628. The fourth-order valence-corrected chi connectivity index (χ4v) is 2.01. The standard InChI is InChI=1S/C7H7ClOS/c8-5-1-7(10-4-5)2-6-3-9-6/h1,4,6H,2-3H2. The Morgan fingerprint density at radius 1 is 1.80 bits per heavy atom. The lowest BCUT2D eigenvalue weighted by atomic mass is 10.3. The number of rotatable bonds is 2. The van der Waals surface area contributed by atoms with E-state index in [1.807, 2.05) is 11.4 Å². The number of epoxide rings is 1. The van der Waals surface area contributed by atoms with Crippen molar-refractivity contribution in [2.24, 2.45) is 0 Å². The molecule has 0 aromatic carbocycles. The zero-order valence-electron chi connectivity index (χ0n) is 5.34. The molecule has 1 aliphatic heterocycles. The van der Waals surface area contributed by atoms with E-state index in [0.29, 0.717) is 6.10 Å². The van der Waals surface area contributed by atoms with Gasteiger partial charge in [-0.1, -0.05) is 11.6 Å². The summed E-state index contributed by atoms with van der Waals surface area (Å²) in [6.45, 7) is 0.926. The highest BCUT2D eigenvalue weighted by atomic mass is 35.5. The topological polar surface area (TPSA) is 12.5 Å². The SMILES string of the molecule is Clc1csc(CC2CO2)c1. The molecule has 0 amide bonds. The van der Waals surface area contributed by atoms with Gasteiger partial charge >= 0.3 is 0 Å². The molecule has 1 saturated heterocycles. The molecule has 1 atom stereocenters.